The molecule has 2 rings (SSSR count). The zero-order valence-electron chi connectivity index (χ0n) is 8.87. The molecule has 1 saturated heterocycles. The molecule has 3 nitrogen and oxygen atoms in total. The normalized spacial score (nSPS) is 20.1. The van der Waals surface area contributed by atoms with E-state index in [-0.39, 0.29) is 0 Å². The van der Waals surface area contributed by atoms with Crippen molar-refractivity contribution < 1.29 is 4.74 Å². The summed E-state index contributed by atoms with van der Waals surface area (Å²) < 4.78 is 5.38. The van der Waals surface area contributed by atoms with Crippen LogP contribution in [0.4, 0.5) is 5.69 Å². The van der Waals surface area contributed by atoms with Gasteiger partial charge in [0.15, 0.2) is 0 Å². The molecule has 0 spiro atoms. The van der Waals surface area contributed by atoms with Crippen LogP contribution in [0.3, 0.4) is 0 Å². The van der Waals surface area contributed by atoms with Crippen molar-refractivity contribution in [2.24, 2.45) is 0 Å². The Morgan fingerprint density at radius 1 is 1.50 bits per heavy atom. The largest absolute Gasteiger partial charge is 0.379 e. The second-order valence-corrected chi connectivity index (χ2v) is 4.27. The molecule has 84 valence electrons. The molecule has 1 aliphatic rings. The van der Waals surface area contributed by atoms with Gasteiger partial charge in [-0.2, -0.15) is 5.26 Å². The standard InChI is InChI=1S/C12H13ClN2O/c13-11-4-3-9(7-14)6-12(11)15-10-2-1-5-16-8-10/h3-4,6,10,15H,1-2,5,8H2. The lowest BCUT2D eigenvalue weighted by atomic mass is 10.1. The first kappa shape index (κ1) is 11.3. The van der Waals surface area contributed by atoms with E-state index < -0.39 is 0 Å². The van der Waals surface area contributed by atoms with E-state index in [0.29, 0.717) is 23.2 Å². The average Bonchev–Trinajstić information content (AvgIpc) is 2.33. The lowest BCUT2D eigenvalue weighted by Crippen LogP contribution is -2.30. The van der Waals surface area contributed by atoms with Crippen molar-refractivity contribution in [1.29, 1.82) is 5.26 Å². The number of nitrogens with one attached hydrogen (secondary N) is 1. The summed E-state index contributed by atoms with van der Waals surface area (Å²) in [5.74, 6) is 0. The predicted molar refractivity (Wildman–Crippen MR) is 63.6 cm³/mol. The molecule has 0 radical (unpaired) electrons. The Balaban J connectivity index is 2.10. The fourth-order valence-electron chi connectivity index (χ4n) is 1.78. The van der Waals surface area contributed by atoms with Crippen molar-refractivity contribution in [1.82, 2.24) is 0 Å². The van der Waals surface area contributed by atoms with Gasteiger partial charge >= 0.3 is 0 Å². The zero-order valence-corrected chi connectivity index (χ0v) is 9.63. The molecule has 1 aromatic rings. The van der Waals surface area contributed by atoms with Gasteiger partial charge in [-0.25, -0.2) is 0 Å². The van der Waals surface area contributed by atoms with Gasteiger partial charge in [0.05, 0.1) is 28.9 Å². The summed E-state index contributed by atoms with van der Waals surface area (Å²) in [6, 6.07) is 7.62. The van der Waals surface area contributed by atoms with Gasteiger partial charge in [-0.3, -0.25) is 0 Å². The average molecular weight is 237 g/mol. The fourth-order valence-corrected chi connectivity index (χ4v) is 1.95. The van der Waals surface area contributed by atoms with Crippen LogP contribution in [0, 0.1) is 11.3 Å². The van der Waals surface area contributed by atoms with E-state index in [1.165, 1.54) is 0 Å². The van der Waals surface area contributed by atoms with Crippen molar-refractivity contribution >= 4 is 17.3 Å². The third-order valence-corrected chi connectivity index (χ3v) is 2.94. The maximum Gasteiger partial charge on any atom is 0.0992 e. The first-order chi connectivity index (χ1) is 7.79. The number of benzene rings is 1. The molecular formula is C12H13ClN2O. The molecule has 16 heavy (non-hydrogen) atoms. The van der Waals surface area contributed by atoms with Crippen LogP contribution in [-0.2, 0) is 4.74 Å². The molecule has 1 aliphatic heterocycles. The summed E-state index contributed by atoms with van der Waals surface area (Å²) in [6.45, 7) is 1.54. The number of nitrogens with zero attached hydrogens (tertiary/aromatic N) is 1. The number of anilines is 1. The van der Waals surface area contributed by atoms with Gasteiger partial charge in [0.25, 0.3) is 0 Å². The Hall–Kier alpha value is -1.24. The van der Waals surface area contributed by atoms with Crippen LogP contribution in [0.15, 0.2) is 18.2 Å². The molecule has 1 unspecified atom stereocenters. The van der Waals surface area contributed by atoms with Gasteiger partial charge in [-0.1, -0.05) is 11.6 Å². The quantitative estimate of drug-likeness (QED) is 0.859. The molecule has 0 amide bonds. The van der Waals surface area contributed by atoms with E-state index in [1.54, 1.807) is 18.2 Å². The highest BCUT2D eigenvalue weighted by Crippen LogP contribution is 2.24. The minimum atomic E-state index is 0.292. The van der Waals surface area contributed by atoms with E-state index in [1.807, 2.05) is 0 Å². The predicted octanol–water partition coefficient (Wildman–Crippen LogP) is 2.80. The number of ether oxygens (including phenoxy) is 1. The Labute approximate surface area is 100.0 Å². The lowest BCUT2D eigenvalue weighted by Gasteiger charge is -2.24. The van der Waals surface area contributed by atoms with Crippen LogP contribution >= 0.6 is 11.6 Å². The number of hydrogen-bond acceptors (Lipinski definition) is 3. The molecule has 4 heteroatoms. The van der Waals surface area contributed by atoms with Gasteiger partial charge in [0.1, 0.15) is 0 Å². The summed E-state index contributed by atoms with van der Waals surface area (Å²) in [5.41, 5.74) is 1.43. The van der Waals surface area contributed by atoms with E-state index in [2.05, 4.69) is 11.4 Å². The second kappa shape index (κ2) is 5.20. The van der Waals surface area contributed by atoms with E-state index in [9.17, 15) is 0 Å². The molecule has 1 aromatic carbocycles. The minimum Gasteiger partial charge on any atom is -0.379 e. The number of hydrogen-bond donors (Lipinski definition) is 1. The van der Waals surface area contributed by atoms with Crippen molar-refractivity contribution in [2.45, 2.75) is 18.9 Å². The molecule has 0 saturated carbocycles. The second-order valence-electron chi connectivity index (χ2n) is 3.86. The Bertz CT molecular complexity index is 408. The van der Waals surface area contributed by atoms with Crippen molar-refractivity contribution in [2.75, 3.05) is 18.5 Å². The zero-order chi connectivity index (χ0) is 11.4. The maximum absolute atomic E-state index is 8.81. The fraction of sp³-hybridized carbons (Fsp3) is 0.417. The van der Waals surface area contributed by atoms with Crippen molar-refractivity contribution in [3.8, 4) is 6.07 Å². The monoisotopic (exact) mass is 236 g/mol. The van der Waals surface area contributed by atoms with Crippen LogP contribution in [0.5, 0.6) is 0 Å². The topological polar surface area (TPSA) is 45.0 Å². The van der Waals surface area contributed by atoms with E-state index in [4.69, 9.17) is 21.6 Å². The first-order valence-electron chi connectivity index (χ1n) is 5.33. The molecule has 1 fully saturated rings. The number of rotatable bonds is 2. The van der Waals surface area contributed by atoms with E-state index in [0.717, 1.165) is 25.1 Å². The van der Waals surface area contributed by atoms with Crippen LogP contribution in [0.25, 0.3) is 0 Å². The molecule has 1 N–H and O–H groups in total. The van der Waals surface area contributed by atoms with E-state index >= 15 is 0 Å². The summed E-state index contributed by atoms with van der Waals surface area (Å²) in [6.07, 6.45) is 2.14. The van der Waals surface area contributed by atoms with Crippen LogP contribution in [0.2, 0.25) is 5.02 Å². The molecule has 1 atom stereocenters. The maximum atomic E-state index is 8.81. The molecule has 1 heterocycles. The van der Waals surface area contributed by atoms with Gasteiger partial charge < -0.3 is 10.1 Å². The number of nitriles is 1. The highest BCUT2D eigenvalue weighted by molar-refractivity contribution is 6.33. The highest BCUT2D eigenvalue weighted by Gasteiger charge is 2.14. The Morgan fingerprint density at radius 2 is 2.38 bits per heavy atom. The molecule has 0 bridgehead atoms. The van der Waals surface area contributed by atoms with Crippen LogP contribution in [-0.4, -0.2) is 19.3 Å². The van der Waals surface area contributed by atoms with Crippen LogP contribution in [0.1, 0.15) is 18.4 Å². The first-order valence-corrected chi connectivity index (χ1v) is 5.71. The van der Waals surface area contributed by atoms with Crippen LogP contribution < -0.4 is 5.32 Å². The SMILES string of the molecule is N#Cc1ccc(Cl)c(NC2CCCOC2)c1. The lowest BCUT2D eigenvalue weighted by molar-refractivity contribution is 0.0876. The minimum absolute atomic E-state index is 0.292. The third-order valence-electron chi connectivity index (χ3n) is 2.62. The number of halogens is 1. The summed E-state index contributed by atoms with van der Waals surface area (Å²) >= 11 is 6.06. The Morgan fingerprint density at radius 3 is 3.06 bits per heavy atom. The van der Waals surface area contributed by atoms with Gasteiger partial charge in [0.2, 0.25) is 0 Å². The van der Waals surface area contributed by atoms with Gasteiger partial charge in [-0.05, 0) is 31.0 Å². The summed E-state index contributed by atoms with van der Waals surface area (Å²) in [5, 5.41) is 12.8. The molecule has 0 aromatic heterocycles. The molecular weight excluding hydrogens is 224 g/mol. The van der Waals surface area contributed by atoms with Crippen molar-refractivity contribution in [3.05, 3.63) is 28.8 Å². The van der Waals surface area contributed by atoms with Gasteiger partial charge in [0, 0.05) is 12.6 Å². The summed E-state index contributed by atoms with van der Waals surface area (Å²) in [4.78, 5) is 0. The van der Waals surface area contributed by atoms with Gasteiger partial charge in [-0.15, -0.1) is 0 Å². The molecule has 0 aliphatic carbocycles. The highest BCUT2D eigenvalue weighted by atomic mass is 35.5. The van der Waals surface area contributed by atoms with Crippen molar-refractivity contribution in [3.63, 3.8) is 0 Å². The third kappa shape index (κ3) is 2.66. The smallest absolute Gasteiger partial charge is 0.0992 e. The Kier molecular flexibility index (Phi) is 3.66. The summed E-state index contributed by atoms with van der Waals surface area (Å²) in [7, 11) is 0.